The number of nitrogens with one attached hydrogen (secondary N) is 2. The van der Waals surface area contributed by atoms with E-state index in [1.165, 1.54) is 0 Å². The molecule has 396 valence electrons. The second-order valence-corrected chi connectivity index (χ2v) is 17.4. The third-order valence-electron chi connectivity index (χ3n) is 9.37. The van der Waals surface area contributed by atoms with Crippen LogP contribution in [0.3, 0.4) is 0 Å². The van der Waals surface area contributed by atoms with Crippen LogP contribution in [-0.4, -0.2) is 184 Å². The highest BCUT2D eigenvalue weighted by Crippen LogP contribution is 2.44. The zero-order valence-corrected chi connectivity index (χ0v) is 42.9. The predicted molar refractivity (Wildman–Crippen MR) is 261 cm³/mol. The Kier molecular flexibility index (Phi) is 31.8. The topological polar surface area (TPSA) is 214 Å². The van der Waals surface area contributed by atoms with Crippen LogP contribution in [0.4, 0.5) is 4.79 Å². The van der Waals surface area contributed by atoms with Crippen molar-refractivity contribution in [3.05, 3.63) is 59.7 Å². The molecule has 0 heterocycles. The first-order valence-electron chi connectivity index (χ1n) is 24.3. The van der Waals surface area contributed by atoms with E-state index in [0.29, 0.717) is 79.3 Å². The molecule has 0 radical (unpaired) electrons. The Balaban J connectivity index is 0.00000829. The predicted octanol–water partition coefficient (Wildman–Crippen LogP) is 5.09. The van der Waals surface area contributed by atoms with Crippen LogP contribution in [0.2, 0.25) is 0 Å². The normalized spacial score (nSPS) is 12.0. The number of carbonyl (C=O) groups is 5. The lowest BCUT2D eigenvalue weighted by molar-refractivity contribution is -0.157. The largest absolute Gasteiger partial charge is 0.460 e. The van der Waals surface area contributed by atoms with Crippen molar-refractivity contribution >= 4 is 29.8 Å². The third kappa shape index (κ3) is 28.8. The molecule has 0 aliphatic heterocycles. The fourth-order valence-corrected chi connectivity index (χ4v) is 6.47. The van der Waals surface area contributed by atoms with Crippen LogP contribution in [0.5, 0.6) is 0 Å². The van der Waals surface area contributed by atoms with Gasteiger partial charge in [0.2, 0.25) is 11.8 Å². The molecule has 0 saturated carbocycles. The Morgan fingerprint density at radius 2 is 0.786 bits per heavy atom. The van der Waals surface area contributed by atoms with Crippen molar-refractivity contribution in [1.82, 2.24) is 15.5 Å². The minimum atomic E-state index is -0.802. The van der Waals surface area contributed by atoms with Crippen molar-refractivity contribution in [2.45, 2.75) is 85.4 Å². The molecule has 0 fully saturated rings. The fourth-order valence-electron chi connectivity index (χ4n) is 6.47. The number of fused-ring (bicyclic) bond motifs is 3. The Morgan fingerprint density at radius 3 is 1.13 bits per heavy atom. The van der Waals surface area contributed by atoms with Crippen LogP contribution in [0.1, 0.15) is 85.3 Å². The monoisotopic (exact) mass is 992 g/mol. The minimum Gasteiger partial charge on any atom is -0.460 e. The van der Waals surface area contributed by atoms with Crippen molar-refractivity contribution in [2.24, 2.45) is 0 Å². The SMILES string of the molecule is CC.CC(C)(C)OC(=O)CCOCCOCCOCCOCCNC(=O)CN(CC(=O)NCCOCCOCCOCCOCCC(=O)OC(C)(C)C)C(=O)OCC1c2ccccc2-c2ccccc21. The molecule has 2 aromatic rings. The maximum Gasteiger partial charge on any atom is 0.410 e. The Morgan fingerprint density at radius 1 is 0.471 bits per heavy atom. The number of benzene rings is 2. The second-order valence-electron chi connectivity index (χ2n) is 17.4. The van der Waals surface area contributed by atoms with Gasteiger partial charge in [-0.25, -0.2) is 4.79 Å². The molecule has 0 atom stereocenters. The first-order valence-corrected chi connectivity index (χ1v) is 24.3. The number of rotatable bonds is 36. The highest BCUT2D eigenvalue weighted by atomic mass is 16.6. The number of carbonyl (C=O) groups excluding carboxylic acids is 5. The second kappa shape index (κ2) is 36.2. The third-order valence-corrected chi connectivity index (χ3v) is 9.37. The average molecular weight is 992 g/mol. The first-order chi connectivity index (χ1) is 33.6. The van der Waals surface area contributed by atoms with Crippen molar-refractivity contribution in [1.29, 1.82) is 0 Å². The molecule has 0 aromatic heterocycles. The molecule has 3 rings (SSSR count). The van der Waals surface area contributed by atoms with E-state index in [0.717, 1.165) is 27.2 Å². The average Bonchev–Trinajstić information content (AvgIpc) is 3.63. The van der Waals surface area contributed by atoms with E-state index in [-0.39, 0.29) is 76.8 Å². The lowest BCUT2D eigenvalue weighted by atomic mass is 9.98. The van der Waals surface area contributed by atoms with Gasteiger partial charge >= 0.3 is 18.0 Å². The summed E-state index contributed by atoms with van der Waals surface area (Å²) < 4.78 is 60.1. The van der Waals surface area contributed by atoms with Gasteiger partial charge < -0.3 is 62.7 Å². The van der Waals surface area contributed by atoms with Gasteiger partial charge in [-0.05, 0) is 63.8 Å². The molecule has 19 nitrogen and oxygen atoms in total. The van der Waals surface area contributed by atoms with Crippen LogP contribution in [-0.2, 0) is 71.3 Å². The zero-order valence-electron chi connectivity index (χ0n) is 42.9. The fraction of sp³-hybridized carbons (Fsp3) is 0.667. The number of amides is 3. The summed E-state index contributed by atoms with van der Waals surface area (Å²) in [7, 11) is 0. The number of hydrogen-bond donors (Lipinski definition) is 2. The van der Waals surface area contributed by atoms with E-state index in [4.69, 9.17) is 52.1 Å². The maximum atomic E-state index is 13.5. The van der Waals surface area contributed by atoms with Gasteiger partial charge in [0.05, 0.1) is 119 Å². The molecule has 70 heavy (non-hydrogen) atoms. The van der Waals surface area contributed by atoms with Gasteiger partial charge in [-0.2, -0.15) is 0 Å². The summed E-state index contributed by atoms with van der Waals surface area (Å²) >= 11 is 0. The molecule has 2 aromatic carbocycles. The van der Waals surface area contributed by atoms with Crippen molar-refractivity contribution in [3.63, 3.8) is 0 Å². The van der Waals surface area contributed by atoms with E-state index in [9.17, 15) is 24.0 Å². The zero-order chi connectivity index (χ0) is 51.5. The van der Waals surface area contributed by atoms with Crippen LogP contribution >= 0.6 is 0 Å². The van der Waals surface area contributed by atoms with Gasteiger partial charge in [-0.15, -0.1) is 0 Å². The van der Waals surface area contributed by atoms with Gasteiger partial charge in [0.1, 0.15) is 30.9 Å². The van der Waals surface area contributed by atoms with Gasteiger partial charge in [-0.1, -0.05) is 62.4 Å². The lowest BCUT2D eigenvalue weighted by Gasteiger charge is -2.23. The van der Waals surface area contributed by atoms with E-state index in [1.807, 2.05) is 104 Å². The Labute approximate surface area is 415 Å². The highest BCUT2D eigenvalue weighted by molar-refractivity contribution is 5.87. The first kappa shape index (κ1) is 61.4. The van der Waals surface area contributed by atoms with Crippen LogP contribution in [0.15, 0.2) is 48.5 Å². The Hall–Kier alpha value is -4.73. The highest BCUT2D eigenvalue weighted by Gasteiger charge is 2.30. The number of ether oxygens (including phenoxy) is 11. The summed E-state index contributed by atoms with van der Waals surface area (Å²) in [5, 5.41) is 5.45. The number of nitrogens with zero attached hydrogens (tertiary/aromatic N) is 1. The van der Waals surface area contributed by atoms with Crippen LogP contribution < -0.4 is 10.6 Å². The smallest absolute Gasteiger partial charge is 0.410 e. The standard InChI is InChI=1S/C49H75N3O16.C2H6/c1-48(2,3)67-45(55)15-19-58-23-27-62-31-33-64-29-25-60-21-17-50-43(53)35-52(47(57)66-37-42-40-13-9-7-11-38(40)39-12-8-10-14-41(39)42)36-44(54)51-18-22-61-26-30-65-34-32-63-28-24-59-20-16-46(56)68-49(4,5)6;1-2/h7-14,42H,15-37H2,1-6H3,(H,50,53)(H,51,54);1-2H3. The van der Waals surface area contributed by atoms with Gasteiger partial charge in [0.15, 0.2) is 0 Å². The molecule has 3 amide bonds. The van der Waals surface area contributed by atoms with E-state index >= 15 is 0 Å². The molecule has 1 aliphatic carbocycles. The van der Waals surface area contributed by atoms with Gasteiger partial charge in [0.25, 0.3) is 0 Å². The molecule has 0 saturated heterocycles. The van der Waals surface area contributed by atoms with Crippen LogP contribution in [0, 0.1) is 0 Å². The Bertz CT molecular complexity index is 1670. The van der Waals surface area contributed by atoms with E-state index in [2.05, 4.69) is 10.6 Å². The molecular formula is C51H81N3O16. The maximum absolute atomic E-state index is 13.5. The summed E-state index contributed by atoms with van der Waals surface area (Å²) in [5.74, 6) is -1.80. The molecule has 1 aliphatic rings. The quantitative estimate of drug-likeness (QED) is 0.0517. The summed E-state index contributed by atoms with van der Waals surface area (Å²) in [6, 6.07) is 15.9. The number of hydrogen-bond acceptors (Lipinski definition) is 16. The van der Waals surface area contributed by atoms with Crippen molar-refractivity contribution in [2.75, 3.05) is 138 Å². The molecule has 0 spiro atoms. The summed E-state index contributed by atoms with van der Waals surface area (Å²) in [6.45, 7) is 19.4. The van der Waals surface area contributed by atoms with Crippen molar-refractivity contribution in [3.8, 4) is 11.1 Å². The molecule has 0 bridgehead atoms. The van der Waals surface area contributed by atoms with Crippen LogP contribution in [0.25, 0.3) is 11.1 Å². The summed E-state index contributed by atoms with van der Waals surface area (Å²) in [5.41, 5.74) is 3.17. The molecule has 2 N–H and O–H groups in total. The molecule has 19 heteroatoms. The van der Waals surface area contributed by atoms with E-state index in [1.54, 1.807) is 0 Å². The van der Waals surface area contributed by atoms with Gasteiger partial charge in [-0.3, -0.25) is 24.1 Å². The lowest BCUT2D eigenvalue weighted by Crippen LogP contribution is -2.47. The molecule has 0 unspecified atom stereocenters. The van der Waals surface area contributed by atoms with Gasteiger partial charge in [0, 0.05) is 19.0 Å². The summed E-state index contributed by atoms with van der Waals surface area (Å²) in [4.78, 5) is 64.0. The molecular weight excluding hydrogens is 911 g/mol. The number of esters is 2. The minimum absolute atomic E-state index is 0.0221. The summed E-state index contributed by atoms with van der Waals surface area (Å²) in [6.07, 6.45) is -0.442. The van der Waals surface area contributed by atoms with Crippen molar-refractivity contribution < 1.29 is 76.1 Å². The van der Waals surface area contributed by atoms with E-state index < -0.39 is 42.2 Å².